The highest BCUT2D eigenvalue weighted by Gasteiger charge is 2.38. The van der Waals surface area contributed by atoms with Crippen molar-refractivity contribution in [3.63, 3.8) is 0 Å². The van der Waals surface area contributed by atoms with E-state index in [1.165, 1.54) is 22.8 Å². The van der Waals surface area contributed by atoms with E-state index in [0.717, 1.165) is 42.5 Å². The third-order valence-corrected chi connectivity index (χ3v) is 8.58. The molecule has 0 amide bonds. The Kier molecular flexibility index (Phi) is 12.9. The SMILES string of the molecule is CC.CC.CO[C@H](CN(C(C)C)C1CC(CCc2nc3ccc(C(C)(C)C)cc3[nH]2)C1)[C@@H](O)[C@@H](O)n1cnc2c(N)ncnc21. The number of aliphatic hydroxyl groups is 2. The van der Waals surface area contributed by atoms with Crippen molar-refractivity contribution in [1.82, 2.24) is 34.4 Å². The molecule has 3 heterocycles. The minimum absolute atomic E-state index is 0.107. The second-order valence-corrected chi connectivity index (χ2v) is 12.7. The molecule has 5 N–H and O–H groups in total. The summed E-state index contributed by atoms with van der Waals surface area (Å²) in [6, 6.07) is 7.17. The molecule has 0 saturated heterocycles. The molecule has 3 atom stereocenters. The van der Waals surface area contributed by atoms with Gasteiger partial charge in [-0.1, -0.05) is 54.5 Å². The molecule has 1 saturated carbocycles. The summed E-state index contributed by atoms with van der Waals surface area (Å²) in [5.41, 5.74) is 10.2. The number of hydrogen-bond donors (Lipinski definition) is 4. The van der Waals surface area contributed by atoms with Crippen LogP contribution in [0, 0.1) is 5.92 Å². The molecule has 45 heavy (non-hydrogen) atoms. The third kappa shape index (κ3) is 8.38. The van der Waals surface area contributed by atoms with Crippen LogP contribution in [0.2, 0.25) is 0 Å². The van der Waals surface area contributed by atoms with Crippen LogP contribution in [0.3, 0.4) is 0 Å². The number of rotatable bonds is 11. The third-order valence-electron chi connectivity index (χ3n) is 8.58. The largest absolute Gasteiger partial charge is 0.386 e. The molecule has 1 aliphatic carbocycles. The predicted molar refractivity (Wildman–Crippen MR) is 182 cm³/mol. The second kappa shape index (κ2) is 15.9. The monoisotopic (exact) mass is 624 g/mol. The standard InChI is InChI=1S/C30H44N8O3.2C2H6/c1-17(2)37(14-23(41-6)26(39)29(40)38-16-34-25-27(31)32-15-33-28(25)38)20-11-18(12-20)7-10-24-35-21-9-8-19(30(3,4)5)13-22(21)36-24;2*1-2/h8-9,13,15-18,20,23,26,29,39-40H,7,10-12,14H2,1-6H3,(H,35,36)(H2,31,32,33);2*1-2H3/t18?,20?,23-,26-,29-;;/m1../s1. The smallest absolute Gasteiger partial charge is 0.167 e. The molecule has 0 aliphatic heterocycles. The van der Waals surface area contributed by atoms with Crippen molar-refractivity contribution < 1.29 is 14.9 Å². The van der Waals surface area contributed by atoms with Gasteiger partial charge in [0.15, 0.2) is 17.7 Å². The molecule has 1 aliphatic rings. The summed E-state index contributed by atoms with van der Waals surface area (Å²) in [6.45, 7) is 19.5. The highest BCUT2D eigenvalue weighted by Crippen LogP contribution is 2.37. The van der Waals surface area contributed by atoms with Crippen molar-refractivity contribution in [1.29, 1.82) is 0 Å². The Morgan fingerprint density at radius 2 is 1.78 bits per heavy atom. The van der Waals surface area contributed by atoms with Gasteiger partial charge in [-0.15, -0.1) is 0 Å². The first-order valence-corrected chi connectivity index (χ1v) is 16.5. The zero-order valence-corrected chi connectivity index (χ0v) is 28.9. The number of anilines is 1. The number of aromatic nitrogens is 6. The van der Waals surface area contributed by atoms with Gasteiger partial charge < -0.3 is 25.7 Å². The molecule has 11 nitrogen and oxygen atoms in total. The molecule has 4 aromatic rings. The van der Waals surface area contributed by atoms with Crippen LogP contribution in [0.25, 0.3) is 22.2 Å². The Labute approximate surface area is 268 Å². The molecular formula is C34H56N8O3. The van der Waals surface area contributed by atoms with E-state index in [4.69, 9.17) is 15.5 Å². The lowest BCUT2D eigenvalue weighted by Gasteiger charge is -2.46. The van der Waals surface area contributed by atoms with E-state index in [-0.39, 0.29) is 17.3 Å². The van der Waals surface area contributed by atoms with Gasteiger partial charge in [-0.05, 0) is 62.1 Å². The Bertz CT molecular complexity index is 1470. The van der Waals surface area contributed by atoms with Crippen LogP contribution in [0.15, 0.2) is 30.9 Å². The number of aryl methyl sites for hydroxylation is 1. The number of aliphatic hydroxyl groups excluding tert-OH is 2. The number of nitrogens with zero attached hydrogens (tertiary/aromatic N) is 6. The molecule has 0 spiro atoms. The highest BCUT2D eigenvalue weighted by atomic mass is 16.5. The summed E-state index contributed by atoms with van der Waals surface area (Å²) < 4.78 is 7.11. The molecular weight excluding hydrogens is 568 g/mol. The first-order chi connectivity index (χ1) is 21.5. The van der Waals surface area contributed by atoms with Crippen LogP contribution in [0.1, 0.15) is 99.2 Å². The van der Waals surface area contributed by atoms with Crippen LogP contribution >= 0.6 is 0 Å². The molecule has 1 aromatic carbocycles. The van der Waals surface area contributed by atoms with Crippen LogP contribution in [0.5, 0.6) is 0 Å². The van der Waals surface area contributed by atoms with E-state index in [0.29, 0.717) is 29.7 Å². The van der Waals surface area contributed by atoms with Crippen molar-refractivity contribution in [2.45, 2.75) is 124 Å². The molecule has 3 aromatic heterocycles. The fraction of sp³-hybridized carbons (Fsp3) is 0.647. The van der Waals surface area contributed by atoms with Gasteiger partial charge in [0.2, 0.25) is 0 Å². The van der Waals surface area contributed by atoms with Gasteiger partial charge in [0.25, 0.3) is 0 Å². The quantitative estimate of drug-likeness (QED) is 0.167. The number of imidazole rings is 2. The minimum atomic E-state index is -1.30. The minimum Gasteiger partial charge on any atom is -0.386 e. The van der Waals surface area contributed by atoms with E-state index < -0.39 is 18.4 Å². The number of nitrogens with one attached hydrogen (secondary N) is 1. The first kappa shape index (κ1) is 36.3. The molecule has 11 heteroatoms. The summed E-state index contributed by atoms with van der Waals surface area (Å²) in [5.74, 6) is 1.89. The van der Waals surface area contributed by atoms with Crippen molar-refractivity contribution in [3.8, 4) is 0 Å². The topological polar surface area (TPSA) is 151 Å². The molecule has 0 radical (unpaired) electrons. The molecule has 5 rings (SSSR count). The average molecular weight is 625 g/mol. The summed E-state index contributed by atoms with van der Waals surface area (Å²) in [5, 5.41) is 22.2. The van der Waals surface area contributed by atoms with Gasteiger partial charge in [-0.3, -0.25) is 9.47 Å². The fourth-order valence-corrected chi connectivity index (χ4v) is 5.93. The van der Waals surface area contributed by atoms with Gasteiger partial charge in [0.1, 0.15) is 29.9 Å². The molecule has 1 fully saturated rings. The molecule has 250 valence electrons. The van der Waals surface area contributed by atoms with Gasteiger partial charge in [0.05, 0.1) is 17.4 Å². The Hall–Kier alpha value is -3.12. The van der Waals surface area contributed by atoms with Gasteiger partial charge >= 0.3 is 0 Å². The Balaban J connectivity index is 0.00000133. The summed E-state index contributed by atoms with van der Waals surface area (Å²) in [4.78, 5) is 23.1. The number of fused-ring (bicyclic) bond motifs is 2. The number of H-pyrrole nitrogens is 1. The van der Waals surface area contributed by atoms with E-state index in [2.05, 4.69) is 77.7 Å². The van der Waals surface area contributed by atoms with E-state index in [1.807, 2.05) is 27.7 Å². The van der Waals surface area contributed by atoms with Crippen molar-refractivity contribution in [2.24, 2.45) is 5.92 Å². The van der Waals surface area contributed by atoms with Crippen LogP contribution < -0.4 is 5.73 Å². The highest BCUT2D eigenvalue weighted by molar-refractivity contribution is 5.81. The van der Waals surface area contributed by atoms with Gasteiger partial charge in [0, 0.05) is 32.2 Å². The second-order valence-electron chi connectivity index (χ2n) is 12.7. The number of hydrogen-bond acceptors (Lipinski definition) is 9. The molecule has 0 bridgehead atoms. The Morgan fingerprint density at radius 1 is 1.09 bits per heavy atom. The van der Waals surface area contributed by atoms with Crippen molar-refractivity contribution in [2.75, 3.05) is 19.4 Å². The van der Waals surface area contributed by atoms with Crippen molar-refractivity contribution in [3.05, 3.63) is 42.2 Å². The molecule has 0 unspecified atom stereocenters. The van der Waals surface area contributed by atoms with Crippen LogP contribution in [-0.2, 0) is 16.6 Å². The van der Waals surface area contributed by atoms with E-state index >= 15 is 0 Å². The number of ether oxygens (including phenoxy) is 1. The zero-order valence-electron chi connectivity index (χ0n) is 28.9. The number of benzene rings is 1. The predicted octanol–water partition coefficient (Wildman–Crippen LogP) is 5.62. The fourth-order valence-electron chi connectivity index (χ4n) is 5.93. The van der Waals surface area contributed by atoms with Gasteiger partial charge in [-0.25, -0.2) is 19.9 Å². The lowest BCUT2D eigenvalue weighted by Crippen LogP contribution is -2.53. The number of aromatic amines is 1. The van der Waals surface area contributed by atoms with Crippen LogP contribution in [-0.4, -0.2) is 82.5 Å². The summed E-state index contributed by atoms with van der Waals surface area (Å²) in [6.07, 6.45) is 3.80. The normalized spacial score (nSPS) is 18.6. The summed E-state index contributed by atoms with van der Waals surface area (Å²) >= 11 is 0. The lowest BCUT2D eigenvalue weighted by molar-refractivity contribution is -0.119. The van der Waals surface area contributed by atoms with Gasteiger partial charge in [-0.2, -0.15) is 0 Å². The number of nitrogen functional groups attached to an aromatic ring is 1. The zero-order chi connectivity index (χ0) is 33.5. The number of nitrogens with two attached hydrogens (primary N) is 1. The maximum atomic E-state index is 11.1. The Morgan fingerprint density at radius 3 is 2.40 bits per heavy atom. The lowest BCUT2D eigenvalue weighted by atomic mass is 9.76. The maximum Gasteiger partial charge on any atom is 0.167 e. The number of methoxy groups -OCH3 is 1. The average Bonchev–Trinajstić information content (AvgIpc) is 3.63. The summed E-state index contributed by atoms with van der Waals surface area (Å²) in [7, 11) is 1.56. The van der Waals surface area contributed by atoms with E-state index in [9.17, 15) is 10.2 Å². The first-order valence-electron chi connectivity index (χ1n) is 16.5. The van der Waals surface area contributed by atoms with Crippen LogP contribution in [0.4, 0.5) is 5.82 Å². The van der Waals surface area contributed by atoms with Crippen molar-refractivity contribution >= 4 is 28.0 Å². The van der Waals surface area contributed by atoms with E-state index in [1.54, 1.807) is 7.11 Å². The maximum absolute atomic E-state index is 11.1.